The van der Waals surface area contributed by atoms with Gasteiger partial charge in [0.05, 0.1) is 5.52 Å². The zero-order chi connectivity index (χ0) is 17.7. The van der Waals surface area contributed by atoms with Crippen LogP contribution >= 0.6 is 0 Å². The highest BCUT2D eigenvalue weighted by molar-refractivity contribution is 6.03. The third-order valence-corrected chi connectivity index (χ3v) is 5.03. The van der Waals surface area contributed by atoms with Crippen molar-refractivity contribution >= 4 is 38.8 Å². The summed E-state index contributed by atoms with van der Waals surface area (Å²) in [6.07, 6.45) is 3.21. The van der Waals surface area contributed by atoms with Crippen molar-refractivity contribution in [2.45, 2.75) is 13.3 Å². The number of anilines is 2. The van der Waals surface area contributed by atoms with Crippen LogP contribution in [0.15, 0.2) is 71.5 Å². The Bertz CT molecular complexity index is 1260. The van der Waals surface area contributed by atoms with Gasteiger partial charge < -0.3 is 10.3 Å². The van der Waals surface area contributed by atoms with E-state index in [0.717, 1.165) is 39.8 Å². The van der Waals surface area contributed by atoms with Gasteiger partial charge in [0.25, 0.3) is 0 Å². The number of hydrogen-bond acceptors (Lipinski definition) is 2. The van der Waals surface area contributed by atoms with Crippen LogP contribution in [0.5, 0.6) is 0 Å². The molecular formula is C23H18N2O. The van der Waals surface area contributed by atoms with E-state index in [0.29, 0.717) is 5.39 Å². The lowest BCUT2D eigenvalue weighted by atomic mass is 9.89. The first-order valence-corrected chi connectivity index (χ1v) is 8.92. The van der Waals surface area contributed by atoms with E-state index in [-0.39, 0.29) is 5.43 Å². The molecular weight excluding hydrogens is 320 g/mol. The minimum absolute atomic E-state index is 0.0684. The molecule has 0 saturated heterocycles. The van der Waals surface area contributed by atoms with Crippen molar-refractivity contribution in [3.05, 3.63) is 88.1 Å². The number of rotatable bonds is 1. The highest BCUT2D eigenvalue weighted by Gasteiger charge is 2.21. The molecule has 1 aliphatic rings. The van der Waals surface area contributed by atoms with Gasteiger partial charge in [-0.25, -0.2) is 0 Å². The van der Waals surface area contributed by atoms with Crippen LogP contribution < -0.4 is 10.7 Å². The van der Waals surface area contributed by atoms with Gasteiger partial charge in [-0.1, -0.05) is 43.3 Å². The van der Waals surface area contributed by atoms with Crippen LogP contribution in [0, 0.1) is 0 Å². The fourth-order valence-electron chi connectivity index (χ4n) is 3.84. The number of fused-ring (bicyclic) bond motifs is 4. The van der Waals surface area contributed by atoms with E-state index < -0.39 is 0 Å². The smallest absolute Gasteiger partial charge is 0.197 e. The van der Waals surface area contributed by atoms with Crippen molar-refractivity contribution in [1.29, 1.82) is 0 Å². The summed E-state index contributed by atoms with van der Waals surface area (Å²) in [5.74, 6) is 0. The monoisotopic (exact) mass is 338 g/mol. The highest BCUT2D eigenvalue weighted by Crippen LogP contribution is 2.42. The van der Waals surface area contributed by atoms with Crippen LogP contribution in [0.1, 0.15) is 24.5 Å². The van der Waals surface area contributed by atoms with Crippen molar-refractivity contribution in [2.75, 3.05) is 5.32 Å². The van der Waals surface area contributed by atoms with E-state index >= 15 is 0 Å². The molecule has 1 aromatic heterocycles. The zero-order valence-electron chi connectivity index (χ0n) is 14.5. The second kappa shape index (κ2) is 5.60. The largest absolute Gasteiger partial charge is 0.354 e. The maximum absolute atomic E-state index is 13.0. The molecule has 0 saturated carbocycles. The predicted octanol–water partition coefficient (Wildman–Crippen LogP) is 5.58. The van der Waals surface area contributed by atoms with Gasteiger partial charge in [0.2, 0.25) is 0 Å². The Morgan fingerprint density at radius 2 is 1.65 bits per heavy atom. The molecule has 3 heteroatoms. The van der Waals surface area contributed by atoms with Crippen molar-refractivity contribution in [3.8, 4) is 0 Å². The summed E-state index contributed by atoms with van der Waals surface area (Å²) >= 11 is 0. The summed E-state index contributed by atoms with van der Waals surface area (Å²) in [5, 5.41) is 4.94. The average molecular weight is 338 g/mol. The topological polar surface area (TPSA) is 44.9 Å². The van der Waals surface area contributed by atoms with E-state index in [9.17, 15) is 4.79 Å². The van der Waals surface area contributed by atoms with Crippen molar-refractivity contribution in [2.24, 2.45) is 0 Å². The summed E-state index contributed by atoms with van der Waals surface area (Å²) in [4.78, 5) is 16.4. The van der Waals surface area contributed by atoms with Crippen LogP contribution in [0.25, 0.3) is 27.4 Å². The van der Waals surface area contributed by atoms with Crippen LogP contribution in [0.4, 0.5) is 11.4 Å². The quantitative estimate of drug-likeness (QED) is 0.392. The molecule has 0 bridgehead atoms. The Morgan fingerprint density at radius 1 is 0.846 bits per heavy atom. The third-order valence-electron chi connectivity index (χ3n) is 5.03. The van der Waals surface area contributed by atoms with Crippen LogP contribution in [-0.4, -0.2) is 4.98 Å². The molecule has 0 spiro atoms. The first kappa shape index (κ1) is 15.0. The maximum Gasteiger partial charge on any atom is 0.197 e. The van der Waals surface area contributed by atoms with Gasteiger partial charge in [-0.2, -0.15) is 0 Å². The molecule has 0 radical (unpaired) electrons. The first-order valence-electron chi connectivity index (χ1n) is 8.92. The summed E-state index contributed by atoms with van der Waals surface area (Å²) in [7, 11) is 0. The summed E-state index contributed by atoms with van der Waals surface area (Å²) in [6.45, 7) is 2.15. The van der Waals surface area contributed by atoms with Crippen LogP contribution in [0.3, 0.4) is 0 Å². The van der Waals surface area contributed by atoms with E-state index in [1.54, 1.807) is 0 Å². The molecule has 0 unspecified atom stereocenters. The molecule has 126 valence electrons. The van der Waals surface area contributed by atoms with E-state index in [4.69, 9.17) is 0 Å². The predicted molar refractivity (Wildman–Crippen MR) is 109 cm³/mol. The van der Waals surface area contributed by atoms with Gasteiger partial charge in [0.15, 0.2) is 5.43 Å². The summed E-state index contributed by atoms with van der Waals surface area (Å²) < 4.78 is 0. The average Bonchev–Trinajstić information content (AvgIpc) is 2.67. The second-order valence-electron chi connectivity index (χ2n) is 6.64. The molecule has 3 nitrogen and oxygen atoms in total. The number of allylic oxidation sites excluding steroid dienone is 1. The fourth-order valence-corrected chi connectivity index (χ4v) is 3.84. The molecule has 2 heterocycles. The van der Waals surface area contributed by atoms with Gasteiger partial charge in [-0.05, 0) is 42.3 Å². The Kier molecular flexibility index (Phi) is 3.22. The van der Waals surface area contributed by atoms with Crippen molar-refractivity contribution < 1.29 is 0 Å². The molecule has 0 amide bonds. The lowest BCUT2D eigenvalue weighted by Gasteiger charge is -2.25. The van der Waals surface area contributed by atoms with Crippen LogP contribution in [-0.2, 0) is 0 Å². The number of aromatic nitrogens is 1. The van der Waals surface area contributed by atoms with Crippen molar-refractivity contribution in [1.82, 2.24) is 4.98 Å². The fraction of sp³-hybridized carbons (Fsp3) is 0.0870. The first-order chi connectivity index (χ1) is 12.8. The lowest BCUT2D eigenvalue weighted by Crippen LogP contribution is -2.09. The SMILES string of the molecule is CCC=C1c2ccccc2Nc2cc3c(=O)c4ccccc4[nH]c3cc21. The normalized spacial score (nSPS) is 14.3. The lowest BCUT2D eigenvalue weighted by molar-refractivity contribution is 1.22. The summed E-state index contributed by atoms with van der Waals surface area (Å²) in [6, 6.07) is 20.1. The number of H-pyrrole nitrogens is 1. The molecule has 0 fully saturated rings. The van der Waals surface area contributed by atoms with Gasteiger partial charge in [0.1, 0.15) is 0 Å². The Balaban J connectivity index is 1.86. The summed E-state index contributed by atoms with van der Waals surface area (Å²) in [5.41, 5.74) is 7.42. The standard InChI is InChI=1S/C23H18N2O/c1-2-7-14-15-8-3-5-10-19(15)24-21-13-18-22(12-17(14)21)25-20-11-6-4-9-16(20)23(18)26/h3-13,24H,2H2,1H3,(H,25,26). The van der Waals surface area contributed by atoms with Gasteiger partial charge in [-0.15, -0.1) is 0 Å². The van der Waals surface area contributed by atoms with E-state index in [1.807, 2.05) is 36.4 Å². The molecule has 26 heavy (non-hydrogen) atoms. The van der Waals surface area contributed by atoms with Crippen molar-refractivity contribution in [3.63, 3.8) is 0 Å². The number of benzene rings is 3. The number of para-hydroxylation sites is 2. The van der Waals surface area contributed by atoms with E-state index in [2.05, 4.69) is 47.6 Å². The minimum Gasteiger partial charge on any atom is -0.354 e. The maximum atomic E-state index is 13.0. The molecule has 5 rings (SSSR count). The molecule has 2 N–H and O–H groups in total. The molecule has 3 aromatic carbocycles. The van der Waals surface area contributed by atoms with Gasteiger partial charge >= 0.3 is 0 Å². The Labute approximate surface area is 151 Å². The van der Waals surface area contributed by atoms with Gasteiger partial charge in [0, 0.05) is 38.8 Å². The molecule has 1 aliphatic heterocycles. The zero-order valence-corrected chi connectivity index (χ0v) is 14.5. The minimum atomic E-state index is 0.0684. The number of pyridine rings is 1. The highest BCUT2D eigenvalue weighted by atomic mass is 16.1. The molecule has 4 aromatic rings. The van der Waals surface area contributed by atoms with E-state index in [1.165, 1.54) is 11.1 Å². The molecule has 0 atom stereocenters. The number of aromatic amines is 1. The van der Waals surface area contributed by atoms with Crippen LogP contribution in [0.2, 0.25) is 0 Å². The second-order valence-corrected chi connectivity index (χ2v) is 6.64. The Hall–Kier alpha value is -3.33. The number of hydrogen-bond donors (Lipinski definition) is 2. The Morgan fingerprint density at radius 3 is 2.54 bits per heavy atom. The molecule has 0 aliphatic carbocycles. The van der Waals surface area contributed by atoms with Gasteiger partial charge in [-0.3, -0.25) is 4.79 Å². The third kappa shape index (κ3) is 2.10. The number of nitrogens with one attached hydrogen (secondary N) is 2.